The molecule has 4 aromatic carbocycles. The molecule has 0 aliphatic rings. The van der Waals surface area contributed by atoms with Crippen LogP contribution in [0.1, 0.15) is 117 Å². The van der Waals surface area contributed by atoms with E-state index in [0.29, 0.717) is 34.0 Å². The number of benzene rings is 4. The van der Waals surface area contributed by atoms with Crippen molar-refractivity contribution >= 4 is 39.9 Å². The fraction of sp³-hybridized carbons (Fsp3) is 0.386. The summed E-state index contributed by atoms with van der Waals surface area (Å²) in [6.07, 6.45) is 4.08. The summed E-state index contributed by atoms with van der Waals surface area (Å²) in [4.78, 5) is 32.7. The summed E-state index contributed by atoms with van der Waals surface area (Å²) in [7, 11) is 0. The molecule has 0 radical (unpaired) electrons. The maximum atomic E-state index is 13.2. The second kappa shape index (κ2) is 31.2. The minimum absolute atomic E-state index is 0.000650. The topological polar surface area (TPSA) is 51.2 Å². The van der Waals surface area contributed by atoms with Crippen LogP contribution in [0.5, 0.6) is 0 Å². The zero-order valence-electron chi connectivity index (χ0n) is 33.3. The Balaban J connectivity index is 0. The van der Waals surface area contributed by atoms with E-state index in [0.717, 1.165) is 37.1 Å². The number of ketones is 3. The van der Waals surface area contributed by atoms with E-state index in [4.69, 9.17) is 0 Å². The van der Waals surface area contributed by atoms with Gasteiger partial charge in [-0.2, -0.15) is 0 Å². The van der Waals surface area contributed by atoms with E-state index in [2.05, 4.69) is 13.8 Å². The number of hydrogen-bond acceptors (Lipinski definition) is 3. The molecule has 0 amide bonds. The van der Waals surface area contributed by atoms with Gasteiger partial charge >= 0.3 is 0 Å². The molecule has 0 fully saturated rings. The van der Waals surface area contributed by atoms with Crippen LogP contribution in [0.4, 0.5) is 35.1 Å². The van der Waals surface area contributed by atoms with E-state index in [1.54, 1.807) is 48.6 Å². The Morgan fingerprint density at radius 2 is 0.964 bits per heavy atom. The van der Waals surface area contributed by atoms with Gasteiger partial charge in [-0.05, 0) is 102 Å². The molecule has 56 heavy (non-hydrogen) atoms. The third kappa shape index (κ3) is 23.2. The monoisotopic (exact) mass is 908 g/mol. The van der Waals surface area contributed by atoms with Gasteiger partial charge in [0.2, 0.25) is 0 Å². The van der Waals surface area contributed by atoms with Crippen LogP contribution in [-0.4, -0.2) is 17.3 Å². The van der Waals surface area contributed by atoms with Crippen molar-refractivity contribution in [1.82, 2.24) is 0 Å². The van der Waals surface area contributed by atoms with E-state index in [9.17, 15) is 49.5 Å². The molecule has 310 valence electrons. The average molecular weight is 909 g/mol. The first-order chi connectivity index (χ1) is 26.3. The van der Waals surface area contributed by atoms with Crippen LogP contribution in [-0.2, 0) is 27.2 Å². The number of carbonyl (C=O) groups excluding carboxylic acids is 3. The molecular formula is C44H53F8IO3. The predicted octanol–water partition coefficient (Wildman–Crippen LogP) is 13.8. The van der Waals surface area contributed by atoms with Gasteiger partial charge in [-0.25, -0.2) is 35.1 Å². The number of halogens is 9. The summed E-state index contributed by atoms with van der Waals surface area (Å²) in [5.74, 6) is -6.73. The summed E-state index contributed by atoms with van der Waals surface area (Å²) < 4.78 is 101. The molecule has 0 aromatic heterocycles. The van der Waals surface area contributed by atoms with Crippen LogP contribution in [0.3, 0.4) is 0 Å². The number of aryl methyl sites for hydroxylation is 1. The molecule has 0 heterocycles. The Kier molecular flexibility index (Phi) is 30.2. The highest BCUT2D eigenvalue weighted by atomic mass is 127. The number of hydrogen-bond donors (Lipinski definition) is 0. The van der Waals surface area contributed by atoms with Gasteiger partial charge in [-0.3, -0.25) is 9.59 Å². The van der Waals surface area contributed by atoms with Crippen LogP contribution >= 0.6 is 22.6 Å². The summed E-state index contributed by atoms with van der Waals surface area (Å²) in [5.41, 5.74) is 0.865. The minimum Gasteiger partial charge on any atom is -0.300 e. The standard InChI is InChI=1S/C13H14F2O2.C9H10F2.C8H8F2.C6H3F2I.C5H10O.C3H8/c1-2-4-10(16)8-11(17)7-9-5-3-6-12(14)13(9)15;1-6(2)7-4-3-5-8(10)9(7)11;1-2-6-4-3-5-7(9)8(6)10;7-4-2-1-3-5(9)6(4)8;1-3-4-5(2)6;1-3-2/h3,5-6H,2,4,7-8H2,1H3;3-6H,1-2H3;3-5H,2H2,1H3;1-3H;3-4H2,1-2H3;3H2,1-2H3. The second-order valence-corrected chi connectivity index (χ2v) is 13.6. The van der Waals surface area contributed by atoms with Crippen LogP contribution < -0.4 is 0 Å². The second-order valence-electron chi connectivity index (χ2n) is 12.5. The van der Waals surface area contributed by atoms with Gasteiger partial charge in [0.05, 0.1) is 9.99 Å². The van der Waals surface area contributed by atoms with Crippen molar-refractivity contribution in [3.8, 4) is 0 Å². The molecule has 0 atom stereocenters. The van der Waals surface area contributed by atoms with E-state index in [1.165, 1.54) is 42.8 Å². The third-order valence-electron chi connectivity index (χ3n) is 6.86. The summed E-state index contributed by atoms with van der Waals surface area (Å²) >= 11 is 1.73. The van der Waals surface area contributed by atoms with Crippen LogP contribution in [0.15, 0.2) is 72.8 Å². The van der Waals surface area contributed by atoms with Crippen LogP contribution in [0, 0.1) is 50.1 Å². The first-order valence-corrected chi connectivity index (χ1v) is 19.3. The maximum Gasteiger partial charge on any atom is 0.172 e. The smallest absolute Gasteiger partial charge is 0.172 e. The van der Waals surface area contributed by atoms with Crippen molar-refractivity contribution in [2.75, 3.05) is 0 Å². The molecule has 4 rings (SSSR count). The summed E-state index contributed by atoms with van der Waals surface area (Å²) in [5, 5.41) is 0. The highest BCUT2D eigenvalue weighted by Gasteiger charge is 2.14. The Morgan fingerprint density at radius 3 is 1.32 bits per heavy atom. The lowest BCUT2D eigenvalue weighted by atomic mass is 10.0. The Morgan fingerprint density at radius 1 is 0.554 bits per heavy atom. The molecule has 0 unspecified atom stereocenters. The van der Waals surface area contributed by atoms with Gasteiger partial charge in [0, 0.05) is 19.3 Å². The molecule has 3 nitrogen and oxygen atoms in total. The molecule has 0 N–H and O–H groups in total. The SMILES string of the molecule is CC(C)c1cccc(F)c1F.CCC.CCCC(=O)CC(=O)Cc1cccc(F)c1F.CCCC(C)=O.CCc1cccc(F)c1F.Fc1cccc(I)c1F. The Hall–Kier alpha value is -3.94. The largest absolute Gasteiger partial charge is 0.300 e. The van der Waals surface area contributed by atoms with E-state index in [1.807, 2.05) is 27.7 Å². The number of rotatable bonds is 10. The fourth-order valence-electron chi connectivity index (χ4n) is 4.16. The average Bonchev–Trinajstić information content (AvgIpc) is 3.13. The molecule has 0 aliphatic heterocycles. The molecule has 0 saturated heterocycles. The van der Waals surface area contributed by atoms with Gasteiger partial charge < -0.3 is 4.79 Å². The molecule has 0 aliphatic carbocycles. The lowest BCUT2D eigenvalue weighted by Gasteiger charge is -2.05. The Bertz CT molecular complexity index is 1740. The predicted molar refractivity (Wildman–Crippen MR) is 216 cm³/mol. The highest BCUT2D eigenvalue weighted by Crippen LogP contribution is 2.20. The van der Waals surface area contributed by atoms with Crippen LogP contribution in [0.2, 0.25) is 0 Å². The van der Waals surface area contributed by atoms with Gasteiger partial charge in [-0.1, -0.05) is 97.4 Å². The summed E-state index contributed by atoms with van der Waals surface area (Å²) in [6.45, 7) is 15.2. The minimum atomic E-state index is -1.01. The van der Waals surface area contributed by atoms with Crippen molar-refractivity contribution < 1.29 is 49.5 Å². The van der Waals surface area contributed by atoms with Gasteiger partial charge in [0.15, 0.2) is 46.5 Å². The molecule has 0 bridgehead atoms. The first-order valence-electron chi connectivity index (χ1n) is 18.2. The lowest BCUT2D eigenvalue weighted by molar-refractivity contribution is -0.126. The third-order valence-corrected chi connectivity index (χ3v) is 7.70. The van der Waals surface area contributed by atoms with E-state index in [-0.39, 0.29) is 41.7 Å². The van der Waals surface area contributed by atoms with Gasteiger partial charge in [-0.15, -0.1) is 0 Å². The highest BCUT2D eigenvalue weighted by molar-refractivity contribution is 14.1. The van der Waals surface area contributed by atoms with Crippen molar-refractivity contribution in [3.63, 3.8) is 0 Å². The normalized spacial score (nSPS) is 9.75. The van der Waals surface area contributed by atoms with Crippen molar-refractivity contribution in [1.29, 1.82) is 0 Å². The molecule has 0 spiro atoms. The summed E-state index contributed by atoms with van der Waals surface area (Å²) in [6, 6.07) is 16.2. The van der Waals surface area contributed by atoms with Crippen LogP contribution in [0.25, 0.3) is 0 Å². The fourth-order valence-corrected chi connectivity index (χ4v) is 4.63. The quantitative estimate of drug-likeness (QED) is 0.0689. The van der Waals surface area contributed by atoms with Crippen molar-refractivity contribution in [3.05, 3.63) is 140 Å². The van der Waals surface area contributed by atoms with Crippen molar-refractivity contribution in [2.45, 2.75) is 113 Å². The zero-order valence-corrected chi connectivity index (χ0v) is 35.4. The molecule has 0 saturated carbocycles. The Labute approximate surface area is 340 Å². The number of Topliss-reactive ketones (excluding diaryl/α,β-unsaturated/α-hetero) is 3. The molecular weight excluding hydrogens is 855 g/mol. The van der Waals surface area contributed by atoms with E-state index >= 15 is 0 Å². The maximum absolute atomic E-state index is 13.2. The van der Waals surface area contributed by atoms with E-state index < -0.39 is 46.5 Å². The van der Waals surface area contributed by atoms with Crippen molar-refractivity contribution in [2.24, 2.45) is 0 Å². The lowest BCUT2D eigenvalue weighted by Crippen LogP contribution is -2.11. The zero-order chi connectivity index (χ0) is 43.4. The van der Waals surface area contributed by atoms with Gasteiger partial charge in [0.25, 0.3) is 0 Å². The van der Waals surface area contributed by atoms with Gasteiger partial charge in [0.1, 0.15) is 17.3 Å². The first kappa shape index (κ1) is 54.2. The number of carbonyl (C=O) groups is 3. The molecule has 4 aromatic rings. The molecule has 12 heteroatoms.